The summed E-state index contributed by atoms with van der Waals surface area (Å²) in [7, 11) is 1.58. The molecule has 0 aliphatic heterocycles. The molecule has 4 aromatic carbocycles. The molecule has 6 heteroatoms. The zero-order chi connectivity index (χ0) is 25.3. The molecule has 0 radical (unpaired) electrons. The van der Waals surface area contributed by atoms with E-state index in [1.165, 1.54) is 24.3 Å². The monoisotopic (exact) mass is 486 g/mol. The van der Waals surface area contributed by atoms with Crippen LogP contribution in [0.25, 0.3) is 17.2 Å². The molecule has 4 nitrogen and oxygen atoms in total. The van der Waals surface area contributed by atoms with Crippen LogP contribution in [0.1, 0.15) is 21.5 Å². The molecule has 0 fully saturated rings. The van der Waals surface area contributed by atoms with E-state index in [-0.39, 0.29) is 23.7 Å². The first-order chi connectivity index (χ1) is 17.5. The second-order valence-electron chi connectivity index (χ2n) is 7.85. The maximum absolute atomic E-state index is 12.5. The highest BCUT2D eigenvalue weighted by molar-refractivity contribution is 6.07. The van der Waals surface area contributed by atoms with Crippen LogP contribution in [-0.2, 0) is 6.61 Å². The number of alkyl halides is 2. The third-order valence-corrected chi connectivity index (χ3v) is 5.43. The quantitative estimate of drug-likeness (QED) is 0.173. The van der Waals surface area contributed by atoms with E-state index >= 15 is 0 Å². The Labute approximate surface area is 208 Å². The highest BCUT2D eigenvalue weighted by Gasteiger charge is 2.09. The lowest BCUT2D eigenvalue weighted by molar-refractivity contribution is -0.0498. The average molecular weight is 487 g/mol. The minimum absolute atomic E-state index is 0.0649. The summed E-state index contributed by atoms with van der Waals surface area (Å²) in [5.41, 5.74) is 4.06. The first-order valence-electron chi connectivity index (χ1n) is 11.2. The molecular weight excluding hydrogens is 462 g/mol. The first-order valence-corrected chi connectivity index (χ1v) is 11.2. The largest absolute Gasteiger partial charge is 0.496 e. The Kier molecular flexibility index (Phi) is 8.08. The normalized spacial score (nSPS) is 11.0. The van der Waals surface area contributed by atoms with Crippen LogP contribution in [0.4, 0.5) is 8.78 Å². The lowest BCUT2D eigenvalue weighted by Gasteiger charge is -2.12. The van der Waals surface area contributed by atoms with Crippen LogP contribution < -0.4 is 14.2 Å². The number of hydrogen-bond acceptors (Lipinski definition) is 4. The number of rotatable bonds is 10. The van der Waals surface area contributed by atoms with E-state index in [2.05, 4.69) is 16.9 Å². The van der Waals surface area contributed by atoms with E-state index in [0.29, 0.717) is 5.75 Å². The van der Waals surface area contributed by atoms with Crippen molar-refractivity contribution < 1.29 is 27.8 Å². The minimum Gasteiger partial charge on any atom is -0.496 e. The standard InChI is InChI=1S/C30H24F2O4/c1-34-29-17-11-21(10-16-28(33)24-8-5-9-27(19-24)36-30(31)32)18-25(29)20-35-26-14-12-23(13-15-26)22-6-3-2-4-7-22/h2-19,30H,20H2,1H3/b16-10+. The fraction of sp³-hybridized carbons (Fsp3) is 0.100. The number of ether oxygens (including phenoxy) is 3. The smallest absolute Gasteiger partial charge is 0.387 e. The van der Waals surface area contributed by atoms with Gasteiger partial charge in [-0.2, -0.15) is 8.78 Å². The van der Waals surface area contributed by atoms with Gasteiger partial charge in [0.1, 0.15) is 23.9 Å². The van der Waals surface area contributed by atoms with Crippen LogP contribution in [0.3, 0.4) is 0 Å². The molecule has 0 amide bonds. The van der Waals surface area contributed by atoms with Crippen molar-refractivity contribution in [3.8, 4) is 28.4 Å². The summed E-state index contributed by atoms with van der Waals surface area (Å²) in [6.45, 7) is -2.68. The summed E-state index contributed by atoms with van der Waals surface area (Å²) < 4.78 is 40.7. The second kappa shape index (κ2) is 11.8. The zero-order valence-corrected chi connectivity index (χ0v) is 19.6. The molecule has 4 aromatic rings. The lowest BCUT2D eigenvalue weighted by Crippen LogP contribution is -2.03. The molecule has 0 saturated heterocycles. The molecule has 0 saturated carbocycles. The fourth-order valence-electron chi connectivity index (χ4n) is 3.64. The molecular formula is C30H24F2O4. The van der Waals surface area contributed by atoms with Gasteiger partial charge < -0.3 is 14.2 Å². The third kappa shape index (κ3) is 6.57. The van der Waals surface area contributed by atoms with Crippen molar-refractivity contribution in [2.45, 2.75) is 13.2 Å². The van der Waals surface area contributed by atoms with E-state index in [0.717, 1.165) is 28.0 Å². The number of methoxy groups -OCH3 is 1. The number of allylic oxidation sites excluding steroid dienone is 1. The Balaban J connectivity index is 1.43. The number of carbonyl (C=O) groups is 1. The molecule has 0 atom stereocenters. The molecule has 0 aromatic heterocycles. The molecule has 0 N–H and O–H groups in total. The molecule has 0 aliphatic rings. The van der Waals surface area contributed by atoms with Crippen molar-refractivity contribution in [3.63, 3.8) is 0 Å². The molecule has 0 bridgehead atoms. The molecule has 0 unspecified atom stereocenters. The van der Waals surface area contributed by atoms with Gasteiger partial charge in [-0.3, -0.25) is 4.79 Å². The summed E-state index contributed by atoms with van der Waals surface area (Å²) in [4.78, 5) is 12.5. The van der Waals surface area contributed by atoms with Crippen LogP contribution in [0, 0.1) is 0 Å². The fourth-order valence-corrected chi connectivity index (χ4v) is 3.64. The van der Waals surface area contributed by atoms with Gasteiger partial charge in [0, 0.05) is 11.1 Å². The van der Waals surface area contributed by atoms with Gasteiger partial charge in [0.2, 0.25) is 0 Å². The van der Waals surface area contributed by atoms with Gasteiger partial charge in [-0.1, -0.05) is 66.7 Å². The Morgan fingerprint density at radius 3 is 2.31 bits per heavy atom. The van der Waals surface area contributed by atoms with Crippen LogP contribution in [0.5, 0.6) is 17.2 Å². The minimum atomic E-state index is -2.95. The molecule has 36 heavy (non-hydrogen) atoms. The predicted octanol–water partition coefficient (Wildman–Crippen LogP) is 7.44. The van der Waals surface area contributed by atoms with Gasteiger partial charge in [0.15, 0.2) is 5.78 Å². The molecule has 0 aliphatic carbocycles. The van der Waals surface area contributed by atoms with Crippen molar-refractivity contribution in [1.29, 1.82) is 0 Å². The van der Waals surface area contributed by atoms with E-state index in [9.17, 15) is 13.6 Å². The summed E-state index contributed by atoms with van der Waals surface area (Å²) in [5.74, 6) is 0.988. The zero-order valence-electron chi connectivity index (χ0n) is 19.6. The third-order valence-electron chi connectivity index (χ3n) is 5.43. The maximum Gasteiger partial charge on any atom is 0.387 e. The van der Waals surface area contributed by atoms with E-state index in [1.807, 2.05) is 54.6 Å². The summed E-state index contributed by atoms with van der Waals surface area (Å²) in [5, 5.41) is 0. The molecule has 4 rings (SSSR count). The number of ketones is 1. The summed E-state index contributed by atoms with van der Waals surface area (Å²) in [6, 6.07) is 29.1. The average Bonchev–Trinajstić information content (AvgIpc) is 2.91. The van der Waals surface area contributed by atoms with E-state index in [4.69, 9.17) is 9.47 Å². The lowest BCUT2D eigenvalue weighted by atomic mass is 10.1. The Hall–Kier alpha value is -4.45. The highest BCUT2D eigenvalue weighted by atomic mass is 19.3. The van der Waals surface area contributed by atoms with Gasteiger partial charge in [-0.25, -0.2) is 0 Å². The van der Waals surface area contributed by atoms with Gasteiger partial charge in [-0.15, -0.1) is 0 Å². The number of benzene rings is 4. The van der Waals surface area contributed by atoms with Crippen LogP contribution >= 0.6 is 0 Å². The van der Waals surface area contributed by atoms with Crippen molar-refractivity contribution in [2.24, 2.45) is 0 Å². The number of halogens is 2. The molecule has 0 spiro atoms. The van der Waals surface area contributed by atoms with Crippen molar-refractivity contribution in [2.75, 3.05) is 7.11 Å². The van der Waals surface area contributed by atoms with Gasteiger partial charge in [0.05, 0.1) is 7.11 Å². The predicted molar refractivity (Wildman–Crippen MR) is 136 cm³/mol. The topological polar surface area (TPSA) is 44.8 Å². The SMILES string of the molecule is COc1ccc(/C=C/C(=O)c2cccc(OC(F)F)c2)cc1COc1ccc(-c2ccccc2)cc1. The van der Waals surface area contributed by atoms with E-state index in [1.54, 1.807) is 25.3 Å². The van der Waals surface area contributed by atoms with Crippen LogP contribution in [0.2, 0.25) is 0 Å². The Morgan fingerprint density at radius 1 is 0.833 bits per heavy atom. The van der Waals surface area contributed by atoms with E-state index < -0.39 is 6.61 Å². The van der Waals surface area contributed by atoms with Gasteiger partial charge >= 0.3 is 6.61 Å². The Bertz CT molecular complexity index is 1330. The second-order valence-corrected chi connectivity index (χ2v) is 7.85. The van der Waals surface area contributed by atoms with Gasteiger partial charge in [-0.05, 0) is 59.2 Å². The summed E-state index contributed by atoms with van der Waals surface area (Å²) >= 11 is 0. The maximum atomic E-state index is 12.5. The van der Waals surface area contributed by atoms with Crippen LogP contribution in [-0.4, -0.2) is 19.5 Å². The number of hydrogen-bond donors (Lipinski definition) is 0. The first kappa shape index (κ1) is 24.7. The van der Waals surface area contributed by atoms with Crippen molar-refractivity contribution >= 4 is 11.9 Å². The molecule has 0 heterocycles. The van der Waals surface area contributed by atoms with Crippen molar-refractivity contribution in [1.82, 2.24) is 0 Å². The number of carbonyl (C=O) groups excluding carboxylic acids is 1. The van der Waals surface area contributed by atoms with Crippen LogP contribution in [0.15, 0.2) is 103 Å². The van der Waals surface area contributed by atoms with Crippen molar-refractivity contribution in [3.05, 3.63) is 120 Å². The van der Waals surface area contributed by atoms with Gasteiger partial charge in [0.25, 0.3) is 0 Å². The highest BCUT2D eigenvalue weighted by Crippen LogP contribution is 2.26. The molecule has 182 valence electrons. The summed E-state index contributed by atoms with van der Waals surface area (Å²) in [6.07, 6.45) is 3.04. The Morgan fingerprint density at radius 2 is 1.58 bits per heavy atom.